The summed E-state index contributed by atoms with van der Waals surface area (Å²) in [5.41, 5.74) is 8.47. The van der Waals surface area contributed by atoms with E-state index in [0.29, 0.717) is 0 Å². The van der Waals surface area contributed by atoms with Crippen molar-refractivity contribution in [3.05, 3.63) is 65.9 Å². The Morgan fingerprint density at radius 2 is 1.28 bits per heavy atom. The highest BCUT2D eigenvalue weighted by molar-refractivity contribution is 5.76. The van der Waals surface area contributed by atoms with Crippen LogP contribution in [-0.4, -0.2) is 107 Å². The number of nitrogens with zero attached hydrogens (tertiary/aromatic N) is 7. The molecule has 8 heteroatoms. The summed E-state index contributed by atoms with van der Waals surface area (Å²) >= 11 is 0. The molecule has 2 saturated heterocycles. The second kappa shape index (κ2) is 11.1. The molecule has 0 saturated carbocycles. The van der Waals surface area contributed by atoms with Crippen LogP contribution in [0.15, 0.2) is 54.6 Å². The number of fused-ring (bicyclic) bond motifs is 1. The van der Waals surface area contributed by atoms with Gasteiger partial charge in [0, 0.05) is 89.2 Å². The van der Waals surface area contributed by atoms with Gasteiger partial charge in [0.15, 0.2) is 0 Å². The van der Waals surface area contributed by atoms with Crippen molar-refractivity contribution in [2.24, 2.45) is 7.05 Å². The maximum Gasteiger partial charge on any atom is 0.141 e. The van der Waals surface area contributed by atoms with Crippen LogP contribution in [0, 0.1) is 0 Å². The van der Waals surface area contributed by atoms with Crippen LogP contribution in [0.5, 0.6) is 5.75 Å². The standard InChI is InChI=1S/C31H41N7O/c1-33-14-18-36(19-15-33)22-27-29(24-8-6-5-7-9-24)32-38-28(23-37-20-16-34(2)17-21-37)30(35(3)31(27)38)25-10-12-26(39-4)13-11-25/h5-13H,14-23H2,1-4H3. The number of ether oxygens (including phenoxy) is 1. The Labute approximate surface area is 232 Å². The molecule has 0 N–H and O–H groups in total. The third-order valence-corrected chi connectivity index (χ3v) is 8.50. The van der Waals surface area contributed by atoms with E-state index in [2.05, 4.69) is 104 Å². The fourth-order valence-corrected chi connectivity index (χ4v) is 6.05. The van der Waals surface area contributed by atoms with Crippen LogP contribution < -0.4 is 4.74 Å². The zero-order chi connectivity index (χ0) is 26.9. The first-order valence-electron chi connectivity index (χ1n) is 14.1. The van der Waals surface area contributed by atoms with Crippen LogP contribution in [-0.2, 0) is 20.1 Å². The average Bonchev–Trinajstić information content (AvgIpc) is 3.46. The van der Waals surface area contributed by atoms with Crippen molar-refractivity contribution in [1.82, 2.24) is 33.8 Å². The van der Waals surface area contributed by atoms with Crippen molar-refractivity contribution >= 4 is 5.65 Å². The van der Waals surface area contributed by atoms with Crippen molar-refractivity contribution in [3.8, 4) is 28.3 Å². The van der Waals surface area contributed by atoms with Crippen LogP contribution in [0.25, 0.3) is 28.2 Å². The molecular weight excluding hydrogens is 486 g/mol. The van der Waals surface area contributed by atoms with Crippen LogP contribution in [0.3, 0.4) is 0 Å². The van der Waals surface area contributed by atoms with Gasteiger partial charge in [-0.3, -0.25) is 9.80 Å². The molecule has 8 nitrogen and oxygen atoms in total. The van der Waals surface area contributed by atoms with Crippen molar-refractivity contribution in [3.63, 3.8) is 0 Å². The summed E-state index contributed by atoms with van der Waals surface area (Å²) in [4.78, 5) is 9.99. The van der Waals surface area contributed by atoms with E-state index in [9.17, 15) is 0 Å². The summed E-state index contributed by atoms with van der Waals surface area (Å²) in [5.74, 6) is 0.875. The molecule has 39 heavy (non-hydrogen) atoms. The molecule has 0 spiro atoms. The Balaban J connectivity index is 1.50. The second-order valence-electron chi connectivity index (χ2n) is 11.2. The molecular formula is C31H41N7O. The molecule has 6 rings (SSSR count). The van der Waals surface area contributed by atoms with Crippen LogP contribution in [0.1, 0.15) is 11.3 Å². The monoisotopic (exact) mass is 527 g/mol. The molecule has 0 bridgehead atoms. The Hall–Kier alpha value is -3.17. The van der Waals surface area contributed by atoms with Crippen molar-refractivity contribution in [2.45, 2.75) is 13.1 Å². The highest BCUT2D eigenvalue weighted by Crippen LogP contribution is 2.35. The molecule has 2 aliphatic heterocycles. The van der Waals surface area contributed by atoms with Crippen molar-refractivity contribution < 1.29 is 4.74 Å². The molecule has 0 radical (unpaired) electrons. The van der Waals surface area contributed by atoms with E-state index in [1.807, 2.05) is 0 Å². The van der Waals surface area contributed by atoms with Gasteiger partial charge in [-0.15, -0.1) is 0 Å². The van der Waals surface area contributed by atoms with E-state index in [1.165, 1.54) is 33.7 Å². The quantitative estimate of drug-likeness (QED) is 0.367. The Morgan fingerprint density at radius 3 is 1.87 bits per heavy atom. The zero-order valence-corrected chi connectivity index (χ0v) is 23.8. The smallest absolute Gasteiger partial charge is 0.141 e. The number of aromatic nitrogens is 3. The van der Waals surface area contributed by atoms with Gasteiger partial charge >= 0.3 is 0 Å². The maximum absolute atomic E-state index is 5.47. The van der Waals surface area contributed by atoms with E-state index < -0.39 is 0 Å². The lowest BCUT2D eigenvalue weighted by Gasteiger charge is -2.32. The Morgan fingerprint density at radius 1 is 0.692 bits per heavy atom. The number of benzene rings is 2. The summed E-state index contributed by atoms with van der Waals surface area (Å²) < 4.78 is 10.1. The number of likely N-dealkylation sites (N-methyl/N-ethyl adjacent to an activating group) is 2. The van der Waals surface area contributed by atoms with Crippen LogP contribution >= 0.6 is 0 Å². The topological polar surface area (TPSA) is 44.4 Å². The molecule has 0 unspecified atom stereocenters. The van der Waals surface area contributed by atoms with Crippen LogP contribution in [0.2, 0.25) is 0 Å². The molecule has 0 atom stereocenters. The first kappa shape index (κ1) is 26.1. The number of methoxy groups -OCH3 is 1. The van der Waals surface area contributed by atoms with Crippen molar-refractivity contribution in [1.29, 1.82) is 0 Å². The highest BCUT2D eigenvalue weighted by Gasteiger charge is 2.28. The van der Waals surface area contributed by atoms with Crippen molar-refractivity contribution in [2.75, 3.05) is 73.6 Å². The van der Waals surface area contributed by atoms with E-state index in [0.717, 1.165) is 76.9 Å². The molecule has 0 aliphatic carbocycles. The number of aryl methyl sites for hydroxylation is 1. The molecule has 2 aromatic carbocycles. The number of hydrogen-bond donors (Lipinski definition) is 0. The fourth-order valence-electron chi connectivity index (χ4n) is 6.05. The highest BCUT2D eigenvalue weighted by atomic mass is 16.5. The molecule has 2 aromatic heterocycles. The normalized spacial score (nSPS) is 18.3. The predicted octanol–water partition coefficient (Wildman–Crippen LogP) is 3.51. The molecule has 206 valence electrons. The van der Waals surface area contributed by atoms with Gasteiger partial charge in [0.2, 0.25) is 0 Å². The van der Waals surface area contributed by atoms with Crippen LogP contribution in [0.4, 0.5) is 0 Å². The third kappa shape index (κ3) is 5.22. The van der Waals surface area contributed by atoms with E-state index >= 15 is 0 Å². The molecule has 0 amide bonds. The SMILES string of the molecule is COc1ccc(-c2c(CN3CCN(C)CC3)n3nc(-c4ccccc4)c(CN4CCN(C)CC4)c3n2C)cc1. The zero-order valence-electron chi connectivity index (χ0n) is 23.8. The van der Waals surface area contributed by atoms with Gasteiger partial charge < -0.3 is 19.1 Å². The number of hydrogen-bond acceptors (Lipinski definition) is 6. The lowest BCUT2D eigenvalue weighted by molar-refractivity contribution is 0.146. The minimum absolute atomic E-state index is 0.871. The summed E-state index contributed by atoms with van der Waals surface area (Å²) in [6.07, 6.45) is 0. The lowest BCUT2D eigenvalue weighted by atomic mass is 10.1. The van der Waals surface area contributed by atoms with Gasteiger partial charge in [0.1, 0.15) is 11.4 Å². The minimum Gasteiger partial charge on any atom is -0.497 e. The summed E-state index contributed by atoms with van der Waals surface area (Å²) in [5, 5.41) is 5.38. The first-order chi connectivity index (χ1) is 19.0. The van der Waals surface area contributed by atoms with E-state index in [4.69, 9.17) is 9.84 Å². The number of imidazole rings is 1. The Kier molecular flexibility index (Phi) is 7.44. The van der Waals surface area contributed by atoms with Gasteiger partial charge in [-0.25, -0.2) is 4.52 Å². The second-order valence-corrected chi connectivity index (χ2v) is 11.2. The summed E-state index contributed by atoms with van der Waals surface area (Å²) in [6, 6.07) is 19.2. The van der Waals surface area contributed by atoms with Gasteiger partial charge in [-0.2, -0.15) is 5.10 Å². The fraction of sp³-hybridized carbons (Fsp3) is 0.452. The number of piperazine rings is 2. The average molecular weight is 528 g/mol. The largest absolute Gasteiger partial charge is 0.497 e. The first-order valence-corrected chi connectivity index (χ1v) is 14.1. The lowest BCUT2D eigenvalue weighted by Crippen LogP contribution is -2.44. The molecule has 2 aliphatic rings. The summed E-state index contributed by atoms with van der Waals surface area (Å²) in [7, 11) is 8.37. The third-order valence-electron chi connectivity index (χ3n) is 8.50. The van der Waals surface area contributed by atoms with Gasteiger partial charge in [-0.05, 0) is 38.4 Å². The van der Waals surface area contributed by atoms with E-state index in [1.54, 1.807) is 7.11 Å². The summed E-state index contributed by atoms with van der Waals surface area (Å²) in [6.45, 7) is 10.4. The molecule has 4 aromatic rings. The van der Waals surface area contributed by atoms with E-state index in [-0.39, 0.29) is 0 Å². The Bertz CT molecular complexity index is 1390. The predicted molar refractivity (Wildman–Crippen MR) is 157 cm³/mol. The van der Waals surface area contributed by atoms with Gasteiger partial charge in [-0.1, -0.05) is 30.3 Å². The number of rotatable bonds is 7. The molecule has 2 fully saturated rings. The van der Waals surface area contributed by atoms with Gasteiger partial charge in [0.05, 0.1) is 24.2 Å². The maximum atomic E-state index is 5.47. The molecule has 4 heterocycles. The van der Waals surface area contributed by atoms with Gasteiger partial charge in [0.25, 0.3) is 0 Å². The minimum atomic E-state index is 0.871.